The van der Waals surface area contributed by atoms with Gasteiger partial charge in [-0.3, -0.25) is 4.79 Å². The maximum absolute atomic E-state index is 12.7. The minimum absolute atomic E-state index is 0.0193. The fraction of sp³-hybridized carbons (Fsp3) is 0.111. The highest BCUT2D eigenvalue weighted by Crippen LogP contribution is 2.46. The zero-order valence-electron chi connectivity index (χ0n) is 13.5. The van der Waals surface area contributed by atoms with Crippen LogP contribution < -0.4 is 9.47 Å². The van der Waals surface area contributed by atoms with E-state index in [4.69, 9.17) is 9.47 Å². The third kappa shape index (κ3) is 3.01. The summed E-state index contributed by atoms with van der Waals surface area (Å²) in [7, 11) is 2.83. The molecule has 7 heteroatoms. The first kappa shape index (κ1) is 16.8. The number of hydrogen-bond acceptors (Lipinski definition) is 7. The lowest BCUT2D eigenvalue weighted by molar-refractivity contribution is 0.104. The molecule has 3 rings (SSSR count). The van der Waals surface area contributed by atoms with Gasteiger partial charge in [-0.25, -0.2) is 4.98 Å². The number of phenols is 2. The largest absolute Gasteiger partial charge is 0.508 e. The van der Waals surface area contributed by atoms with E-state index >= 15 is 0 Å². The number of allylic oxidation sites excluding steroid dienone is 1. The molecule has 2 aromatic carbocycles. The van der Waals surface area contributed by atoms with E-state index in [-0.39, 0.29) is 28.6 Å². The number of nitrogens with zero attached hydrogens (tertiary/aromatic N) is 1. The smallest absolute Gasteiger partial charge is 0.193 e. The van der Waals surface area contributed by atoms with Crippen LogP contribution in [0.15, 0.2) is 35.9 Å². The molecule has 0 saturated carbocycles. The summed E-state index contributed by atoms with van der Waals surface area (Å²) in [5.41, 5.74) is 2.67. The SMILES string of the molecule is COc1c(C(=O)/C=C/c2cccc(O)c2)c(O)c(OC)c2scnc12. The van der Waals surface area contributed by atoms with Gasteiger partial charge in [-0.15, -0.1) is 11.3 Å². The first-order valence-corrected chi connectivity index (χ1v) is 8.16. The summed E-state index contributed by atoms with van der Waals surface area (Å²) >= 11 is 1.28. The van der Waals surface area contributed by atoms with Crippen LogP contribution in [0.4, 0.5) is 0 Å². The van der Waals surface area contributed by atoms with Gasteiger partial charge in [0.05, 0.1) is 19.7 Å². The third-order valence-electron chi connectivity index (χ3n) is 3.62. The molecule has 0 amide bonds. The Labute approximate surface area is 147 Å². The summed E-state index contributed by atoms with van der Waals surface area (Å²) in [6.45, 7) is 0. The Kier molecular flexibility index (Phi) is 4.58. The summed E-state index contributed by atoms with van der Waals surface area (Å²) in [5.74, 6) is -0.277. The molecule has 0 bridgehead atoms. The van der Waals surface area contributed by atoms with Crippen LogP contribution in [-0.2, 0) is 0 Å². The van der Waals surface area contributed by atoms with Gasteiger partial charge in [0.2, 0.25) is 0 Å². The molecule has 25 heavy (non-hydrogen) atoms. The Hall–Kier alpha value is -3.06. The average Bonchev–Trinajstić information content (AvgIpc) is 3.08. The molecular weight excluding hydrogens is 342 g/mol. The average molecular weight is 357 g/mol. The number of fused-ring (bicyclic) bond motifs is 1. The Morgan fingerprint density at radius 2 is 1.96 bits per heavy atom. The summed E-state index contributed by atoms with van der Waals surface area (Å²) in [5, 5.41) is 20.0. The van der Waals surface area contributed by atoms with Gasteiger partial charge in [0.25, 0.3) is 0 Å². The van der Waals surface area contributed by atoms with Crippen LogP contribution in [0.1, 0.15) is 15.9 Å². The van der Waals surface area contributed by atoms with E-state index in [0.717, 1.165) is 0 Å². The van der Waals surface area contributed by atoms with E-state index in [9.17, 15) is 15.0 Å². The second-order valence-corrected chi connectivity index (χ2v) is 5.97. The van der Waals surface area contributed by atoms with E-state index in [0.29, 0.717) is 15.8 Å². The van der Waals surface area contributed by atoms with Gasteiger partial charge in [-0.1, -0.05) is 18.2 Å². The van der Waals surface area contributed by atoms with Crippen molar-refractivity contribution in [2.75, 3.05) is 14.2 Å². The van der Waals surface area contributed by atoms with E-state index in [1.165, 1.54) is 43.8 Å². The molecule has 0 radical (unpaired) electrons. The summed E-state index contributed by atoms with van der Waals surface area (Å²) in [4.78, 5) is 16.9. The zero-order valence-corrected chi connectivity index (χ0v) is 14.3. The standard InChI is InChI=1S/C18H15NO5S/c1-23-16-13(12(21)7-6-10-4-3-5-11(20)8-10)15(22)17(24-2)18-14(16)19-9-25-18/h3-9,20,22H,1-2H3/b7-6+. The highest BCUT2D eigenvalue weighted by molar-refractivity contribution is 7.17. The van der Waals surface area contributed by atoms with Gasteiger partial charge in [-0.05, 0) is 23.8 Å². The maximum Gasteiger partial charge on any atom is 0.193 e. The zero-order chi connectivity index (χ0) is 18.0. The van der Waals surface area contributed by atoms with Crippen molar-refractivity contribution in [1.82, 2.24) is 4.98 Å². The third-order valence-corrected chi connectivity index (χ3v) is 4.44. The normalized spacial score (nSPS) is 11.1. The van der Waals surface area contributed by atoms with Crippen molar-refractivity contribution in [3.05, 3.63) is 47.0 Å². The number of carbonyl (C=O) groups excluding carboxylic acids is 1. The number of rotatable bonds is 5. The molecule has 1 aromatic heterocycles. The molecule has 0 aliphatic heterocycles. The molecule has 0 unspecified atom stereocenters. The Morgan fingerprint density at radius 1 is 1.20 bits per heavy atom. The predicted molar refractivity (Wildman–Crippen MR) is 95.9 cm³/mol. The van der Waals surface area contributed by atoms with Crippen molar-refractivity contribution in [3.63, 3.8) is 0 Å². The number of benzene rings is 2. The number of aromatic hydroxyl groups is 2. The first-order valence-electron chi connectivity index (χ1n) is 7.28. The highest BCUT2D eigenvalue weighted by atomic mass is 32.1. The van der Waals surface area contributed by atoms with Gasteiger partial charge in [0.15, 0.2) is 23.0 Å². The number of ketones is 1. The summed E-state index contributed by atoms with van der Waals surface area (Å²) in [6, 6.07) is 6.47. The van der Waals surface area contributed by atoms with Crippen LogP contribution >= 0.6 is 11.3 Å². The first-order chi connectivity index (χ1) is 12.1. The maximum atomic E-state index is 12.7. The number of ether oxygens (including phenoxy) is 2. The minimum Gasteiger partial charge on any atom is -0.508 e. The molecule has 0 spiro atoms. The van der Waals surface area contributed by atoms with Crippen LogP contribution in [0.25, 0.3) is 16.3 Å². The van der Waals surface area contributed by atoms with Crippen molar-refractivity contribution in [2.45, 2.75) is 0 Å². The summed E-state index contributed by atoms with van der Waals surface area (Å²) in [6.07, 6.45) is 2.84. The van der Waals surface area contributed by atoms with Crippen molar-refractivity contribution >= 4 is 33.4 Å². The second kappa shape index (κ2) is 6.82. The fourth-order valence-corrected chi connectivity index (χ4v) is 3.32. The highest BCUT2D eigenvalue weighted by Gasteiger charge is 2.26. The molecule has 3 aromatic rings. The van der Waals surface area contributed by atoms with Crippen LogP contribution in [0.3, 0.4) is 0 Å². The van der Waals surface area contributed by atoms with Crippen LogP contribution in [0.2, 0.25) is 0 Å². The molecule has 0 aliphatic rings. The molecule has 0 saturated heterocycles. The summed E-state index contributed by atoms with van der Waals surface area (Å²) < 4.78 is 11.2. The molecular formula is C18H15NO5S. The van der Waals surface area contributed by atoms with Crippen molar-refractivity contribution in [1.29, 1.82) is 0 Å². The fourth-order valence-electron chi connectivity index (χ4n) is 2.52. The molecule has 0 aliphatic carbocycles. The number of thiazole rings is 1. The van der Waals surface area contributed by atoms with Crippen LogP contribution in [0.5, 0.6) is 23.0 Å². The number of phenolic OH excluding ortho intramolecular Hbond substituents is 2. The van der Waals surface area contributed by atoms with Gasteiger partial charge < -0.3 is 19.7 Å². The van der Waals surface area contributed by atoms with Crippen molar-refractivity contribution < 1.29 is 24.5 Å². The van der Waals surface area contributed by atoms with Gasteiger partial charge in [-0.2, -0.15) is 0 Å². The van der Waals surface area contributed by atoms with Crippen LogP contribution in [-0.4, -0.2) is 35.2 Å². The number of methoxy groups -OCH3 is 2. The Bertz CT molecular complexity index is 977. The molecule has 0 atom stereocenters. The van der Waals surface area contributed by atoms with E-state index in [2.05, 4.69) is 4.98 Å². The molecule has 6 nitrogen and oxygen atoms in total. The van der Waals surface area contributed by atoms with Crippen molar-refractivity contribution in [3.8, 4) is 23.0 Å². The van der Waals surface area contributed by atoms with Gasteiger partial charge in [0.1, 0.15) is 21.5 Å². The number of hydrogen-bond donors (Lipinski definition) is 2. The Balaban J connectivity index is 2.10. The van der Waals surface area contributed by atoms with E-state index in [1.54, 1.807) is 23.7 Å². The molecule has 2 N–H and O–H groups in total. The number of aromatic nitrogens is 1. The number of carbonyl (C=O) groups is 1. The van der Waals surface area contributed by atoms with E-state index in [1.807, 2.05) is 0 Å². The molecule has 0 fully saturated rings. The topological polar surface area (TPSA) is 88.9 Å². The lowest BCUT2D eigenvalue weighted by Crippen LogP contribution is -2.02. The lowest BCUT2D eigenvalue weighted by Gasteiger charge is -2.12. The van der Waals surface area contributed by atoms with Crippen LogP contribution in [0, 0.1) is 0 Å². The quantitative estimate of drug-likeness (QED) is 0.535. The Morgan fingerprint density at radius 3 is 2.64 bits per heavy atom. The van der Waals surface area contributed by atoms with Gasteiger partial charge >= 0.3 is 0 Å². The lowest BCUT2D eigenvalue weighted by atomic mass is 10.0. The second-order valence-electron chi connectivity index (χ2n) is 5.11. The predicted octanol–water partition coefficient (Wildman–Crippen LogP) is 3.62. The molecule has 128 valence electrons. The van der Waals surface area contributed by atoms with Gasteiger partial charge in [0, 0.05) is 0 Å². The van der Waals surface area contributed by atoms with Crippen molar-refractivity contribution in [2.24, 2.45) is 0 Å². The monoisotopic (exact) mass is 357 g/mol. The minimum atomic E-state index is -0.467. The van der Waals surface area contributed by atoms with E-state index < -0.39 is 5.78 Å². The molecule has 1 heterocycles.